The van der Waals surface area contributed by atoms with Crippen molar-refractivity contribution < 1.29 is 9.90 Å². The highest BCUT2D eigenvalue weighted by Gasteiger charge is 2.46. The topological polar surface area (TPSA) is 49.3 Å². The summed E-state index contributed by atoms with van der Waals surface area (Å²) in [5.41, 5.74) is 1.39. The van der Waals surface area contributed by atoms with Gasteiger partial charge in [-0.15, -0.1) is 0 Å². The standard InChI is InChI=1S/C15H13NO2/c1-10-6-8-11(9-7-10)15(18)12-4-2-3-5-13(12)16-14(15)17/h2-9,18H,1H3,(H,16,17). The smallest absolute Gasteiger partial charge is 0.265 e. The van der Waals surface area contributed by atoms with Crippen LogP contribution in [0.1, 0.15) is 16.7 Å². The predicted molar refractivity (Wildman–Crippen MR) is 69.2 cm³/mol. The molecule has 0 aliphatic carbocycles. The first-order valence-electron chi connectivity index (χ1n) is 5.83. The third-order valence-electron chi connectivity index (χ3n) is 3.36. The molecule has 2 aromatic carbocycles. The van der Waals surface area contributed by atoms with Crippen LogP contribution in [-0.4, -0.2) is 11.0 Å². The summed E-state index contributed by atoms with van der Waals surface area (Å²) < 4.78 is 0. The molecule has 0 saturated heterocycles. The zero-order valence-corrected chi connectivity index (χ0v) is 9.97. The van der Waals surface area contributed by atoms with E-state index in [0.717, 1.165) is 5.56 Å². The van der Waals surface area contributed by atoms with Crippen molar-refractivity contribution in [1.82, 2.24) is 0 Å². The van der Waals surface area contributed by atoms with Gasteiger partial charge in [0.15, 0.2) is 5.60 Å². The van der Waals surface area contributed by atoms with Crippen LogP contribution in [0.3, 0.4) is 0 Å². The van der Waals surface area contributed by atoms with Crippen molar-refractivity contribution in [2.45, 2.75) is 12.5 Å². The number of nitrogens with one attached hydrogen (secondary N) is 1. The number of benzene rings is 2. The lowest BCUT2D eigenvalue weighted by molar-refractivity contribution is -0.129. The highest BCUT2D eigenvalue weighted by atomic mass is 16.3. The number of aliphatic hydroxyl groups is 1. The van der Waals surface area contributed by atoms with Gasteiger partial charge in [0.1, 0.15) is 0 Å². The fraction of sp³-hybridized carbons (Fsp3) is 0.133. The Bertz CT molecular complexity index is 619. The first kappa shape index (κ1) is 11.0. The molecule has 1 atom stereocenters. The van der Waals surface area contributed by atoms with Gasteiger partial charge in [-0.05, 0) is 18.6 Å². The molecule has 0 spiro atoms. The number of carbonyl (C=O) groups is 1. The highest BCUT2D eigenvalue weighted by molar-refractivity contribution is 6.07. The number of anilines is 1. The number of aryl methyl sites for hydroxylation is 1. The summed E-state index contributed by atoms with van der Waals surface area (Å²) in [6.07, 6.45) is 0. The zero-order valence-electron chi connectivity index (χ0n) is 9.97. The van der Waals surface area contributed by atoms with Crippen molar-refractivity contribution in [3.63, 3.8) is 0 Å². The fourth-order valence-corrected chi connectivity index (χ4v) is 2.32. The maximum atomic E-state index is 12.1. The fourth-order valence-electron chi connectivity index (χ4n) is 2.32. The van der Waals surface area contributed by atoms with E-state index in [1.807, 2.05) is 31.2 Å². The Labute approximate surface area is 105 Å². The number of amides is 1. The second-order valence-electron chi connectivity index (χ2n) is 4.58. The molecule has 18 heavy (non-hydrogen) atoms. The molecule has 1 aliphatic heterocycles. The zero-order chi connectivity index (χ0) is 12.8. The van der Waals surface area contributed by atoms with Crippen LogP contribution in [0, 0.1) is 6.92 Å². The molecule has 0 bridgehead atoms. The minimum atomic E-state index is -1.58. The molecule has 1 unspecified atom stereocenters. The first-order chi connectivity index (χ1) is 8.62. The van der Waals surface area contributed by atoms with Crippen LogP contribution in [0.15, 0.2) is 48.5 Å². The number of rotatable bonds is 1. The molecule has 2 aromatic rings. The number of para-hydroxylation sites is 1. The summed E-state index contributed by atoms with van der Waals surface area (Å²) in [5, 5.41) is 13.5. The van der Waals surface area contributed by atoms with Crippen LogP contribution in [0.4, 0.5) is 5.69 Å². The number of fused-ring (bicyclic) bond motifs is 1. The second-order valence-corrected chi connectivity index (χ2v) is 4.58. The molecule has 0 aromatic heterocycles. The summed E-state index contributed by atoms with van der Waals surface area (Å²) in [7, 11) is 0. The second kappa shape index (κ2) is 3.68. The Balaban J connectivity index is 2.20. The lowest BCUT2D eigenvalue weighted by Crippen LogP contribution is -2.35. The van der Waals surface area contributed by atoms with Crippen LogP contribution in [-0.2, 0) is 10.4 Å². The SMILES string of the molecule is Cc1ccc(C2(O)C(=O)Nc3ccccc32)cc1. The number of hydrogen-bond acceptors (Lipinski definition) is 2. The summed E-state index contributed by atoms with van der Waals surface area (Å²) in [5.74, 6) is -0.396. The van der Waals surface area contributed by atoms with Crippen molar-refractivity contribution in [1.29, 1.82) is 0 Å². The molecule has 0 radical (unpaired) electrons. The van der Waals surface area contributed by atoms with Gasteiger partial charge in [-0.2, -0.15) is 0 Å². The third kappa shape index (κ3) is 1.38. The van der Waals surface area contributed by atoms with E-state index in [2.05, 4.69) is 5.32 Å². The van der Waals surface area contributed by atoms with Crippen molar-refractivity contribution in [2.24, 2.45) is 0 Å². The molecule has 90 valence electrons. The van der Waals surface area contributed by atoms with Crippen molar-refractivity contribution in [3.05, 3.63) is 65.2 Å². The summed E-state index contributed by atoms with van der Waals surface area (Å²) in [6.45, 7) is 1.97. The van der Waals surface area contributed by atoms with E-state index in [0.29, 0.717) is 16.8 Å². The average molecular weight is 239 g/mol. The van der Waals surface area contributed by atoms with E-state index in [-0.39, 0.29) is 0 Å². The van der Waals surface area contributed by atoms with Crippen molar-refractivity contribution in [2.75, 3.05) is 5.32 Å². The molecule has 1 heterocycles. The molecule has 1 amide bonds. The van der Waals surface area contributed by atoms with Crippen molar-refractivity contribution in [3.8, 4) is 0 Å². The van der Waals surface area contributed by atoms with Crippen molar-refractivity contribution >= 4 is 11.6 Å². The maximum Gasteiger partial charge on any atom is 0.265 e. The lowest BCUT2D eigenvalue weighted by Gasteiger charge is -2.21. The normalized spacial score (nSPS) is 21.6. The molecule has 0 saturated carbocycles. The average Bonchev–Trinajstić information content (AvgIpc) is 2.64. The largest absolute Gasteiger partial charge is 0.372 e. The molecule has 2 N–H and O–H groups in total. The first-order valence-corrected chi connectivity index (χ1v) is 5.83. The Morgan fingerprint density at radius 2 is 1.72 bits per heavy atom. The van der Waals surface area contributed by atoms with E-state index in [1.165, 1.54) is 0 Å². The predicted octanol–water partition coefficient (Wildman–Crippen LogP) is 2.18. The number of hydrogen-bond donors (Lipinski definition) is 2. The van der Waals surface area contributed by atoms with Gasteiger partial charge >= 0.3 is 0 Å². The summed E-state index contributed by atoms with van der Waals surface area (Å²) in [4.78, 5) is 12.1. The van der Waals surface area contributed by atoms with Crippen LogP contribution < -0.4 is 5.32 Å². The van der Waals surface area contributed by atoms with Gasteiger partial charge in [-0.25, -0.2) is 0 Å². The third-order valence-corrected chi connectivity index (χ3v) is 3.36. The van der Waals surface area contributed by atoms with Crippen LogP contribution in [0.5, 0.6) is 0 Å². The van der Waals surface area contributed by atoms with Gasteiger partial charge in [-0.1, -0.05) is 48.0 Å². The van der Waals surface area contributed by atoms with Gasteiger partial charge in [0.25, 0.3) is 5.91 Å². The quantitative estimate of drug-likeness (QED) is 0.801. The lowest BCUT2D eigenvalue weighted by atomic mass is 9.87. The van der Waals surface area contributed by atoms with E-state index in [9.17, 15) is 9.90 Å². The van der Waals surface area contributed by atoms with E-state index >= 15 is 0 Å². The van der Waals surface area contributed by atoms with Crippen LogP contribution >= 0.6 is 0 Å². The van der Waals surface area contributed by atoms with Gasteiger partial charge in [-0.3, -0.25) is 4.79 Å². The van der Waals surface area contributed by atoms with E-state index in [4.69, 9.17) is 0 Å². The minimum Gasteiger partial charge on any atom is -0.372 e. The summed E-state index contributed by atoms with van der Waals surface area (Å²) in [6, 6.07) is 14.6. The molecule has 0 fully saturated rings. The molecular weight excluding hydrogens is 226 g/mol. The highest BCUT2D eigenvalue weighted by Crippen LogP contribution is 2.40. The van der Waals surface area contributed by atoms with Crippen LogP contribution in [0.25, 0.3) is 0 Å². The van der Waals surface area contributed by atoms with E-state index in [1.54, 1.807) is 24.3 Å². The Morgan fingerprint density at radius 1 is 1.06 bits per heavy atom. The Kier molecular flexibility index (Phi) is 2.25. The van der Waals surface area contributed by atoms with E-state index < -0.39 is 11.5 Å². The molecule has 3 rings (SSSR count). The Hall–Kier alpha value is -2.13. The number of carbonyl (C=O) groups excluding carboxylic acids is 1. The maximum absolute atomic E-state index is 12.1. The Morgan fingerprint density at radius 3 is 2.44 bits per heavy atom. The van der Waals surface area contributed by atoms with Gasteiger partial charge in [0, 0.05) is 11.3 Å². The van der Waals surface area contributed by atoms with Gasteiger partial charge in [0.05, 0.1) is 0 Å². The summed E-state index contributed by atoms with van der Waals surface area (Å²) >= 11 is 0. The molecular formula is C15H13NO2. The monoisotopic (exact) mass is 239 g/mol. The van der Waals surface area contributed by atoms with Gasteiger partial charge in [0.2, 0.25) is 0 Å². The minimum absolute atomic E-state index is 0.396. The molecule has 3 nitrogen and oxygen atoms in total. The van der Waals surface area contributed by atoms with Gasteiger partial charge < -0.3 is 10.4 Å². The molecule has 1 aliphatic rings. The molecule has 3 heteroatoms. The van der Waals surface area contributed by atoms with Crippen LogP contribution in [0.2, 0.25) is 0 Å².